The second-order valence-electron chi connectivity index (χ2n) is 4.00. The molecule has 17 heavy (non-hydrogen) atoms. The van der Waals surface area contributed by atoms with Crippen molar-refractivity contribution in [2.75, 3.05) is 7.11 Å². The van der Waals surface area contributed by atoms with Crippen LogP contribution in [0.5, 0.6) is 5.75 Å². The number of hydrogen-bond donors (Lipinski definition) is 1. The molecule has 0 radical (unpaired) electrons. The van der Waals surface area contributed by atoms with Crippen molar-refractivity contribution in [3.8, 4) is 5.75 Å². The van der Waals surface area contributed by atoms with Gasteiger partial charge in [-0.2, -0.15) is 13.2 Å². The molecule has 0 amide bonds. The number of rotatable bonds is 4. The smallest absolute Gasteiger partial charge is 0.403 e. The van der Waals surface area contributed by atoms with Gasteiger partial charge in [-0.05, 0) is 31.4 Å². The molecule has 0 saturated carbocycles. The van der Waals surface area contributed by atoms with E-state index in [-0.39, 0.29) is 12.8 Å². The van der Waals surface area contributed by atoms with Crippen LogP contribution in [0.25, 0.3) is 0 Å². The van der Waals surface area contributed by atoms with Crippen LogP contribution >= 0.6 is 0 Å². The molecule has 5 heteroatoms. The first-order valence-corrected chi connectivity index (χ1v) is 5.30. The fraction of sp³-hybridized carbons (Fsp3) is 0.500. The van der Waals surface area contributed by atoms with E-state index < -0.39 is 12.2 Å². The normalized spacial score (nSPS) is 13.5. The van der Waals surface area contributed by atoms with Gasteiger partial charge in [-0.3, -0.25) is 0 Å². The zero-order chi connectivity index (χ0) is 13.1. The number of aryl methyl sites for hydroxylation is 2. The molecule has 1 unspecified atom stereocenters. The van der Waals surface area contributed by atoms with Crippen LogP contribution in [0.3, 0.4) is 0 Å². The van der Waals surface area contributed by atoms with Crippen molar-refractivity contribution in [2.24, 2.45) is 5.73 Å². The Bertz CT molecular complexity index is 377. The first-order valence-electron chi connectivity index (χ1n) is 5.30. The lowest BCUT2D eigenvalue weighted by Gasteiger charge is -2.16. The number of nitrogens with two attached hydrogens (primary N) is 1. The van der Waals surface area contributed by atoms with Gasteiger partial charge in [0.15, 0.2) is 0 Å². The Morgan fingerprint density at radius 1 is 1.35 bits per heavy atom. The van der Waals surface area contributed by atoms with E-state index in [2.05, 4.69) is 0 Å². The van der Waals surface area contributed by atoms with Crippen LogP contribution < -0.4 is 10.5 Å². The average molecular weight is 247 g/mol. The minimum absolute atomic E-state index is 0.136. The SMILES string of the molecule is COc1ccc(C)cc1CCC(N)C(F)(F)F. The Labute approximate surface area is 98.6 Å². The topological polar surface area (TPSA) is 35.2 Å². The summed E-state index contributed by atoms with van der Waals surface area (Å²) < 4.78 is 41.9. The molecule has 0 fully saturated rings. The third-order valence-corrected chi connectivity index (χ3v) is 2.58. The molecular formula is C12H16F3NO. The summed E-state index contributed by atoms with van der Waals surface area (Å²) in [6, 6.07) is 3.64. The molecule has 0 aliphatic carbocycles. The summed E-state index contributed by atoms with van der Waals surface area (Å²) in [5.41, 5.74) is 6.81. The molecule has 0 aromatic heterocycles. The molecule has 1 atom stereocenters. The fourth-order valence-electron chi connectivity index (χ4n) is 1.58. The van der Waals surface area contributed by atoms with Crippen molar-refractivity contribution in [1.82, 2.24) is 0 Å². The van der Waals surface area contributed by atoms with Gasteiger partial charge in [-0.25, -0.2) is 0 Å². The molecule has 0 bridgehead atoms. The Morgan fingerprint density at radius 3 is 2.53 bits per heavy atom. The Kier molecular flexibility index (Phi) is 4.40. The number of alkyl halides is 3. The van der Waals surface area contributed by atoms with Crippen molar-refractivity contribution in [3.63, 3.8) is 0 Å². The van der Waals surface area contributed by atoms with Gasteiger partial charge in [0.2, 0.25) is 0 Å². The maximum Gasteiger partial charge on any atom is 0.403 e. The number of hydrogen-bond acceptors (Lipinski definition) is 2. The van der Waals surface area contributed by atoms with E-state index >= 15 is 0 Å². The van der Waals surface area contributed by atoms with Crippen molar-refractivity contribution >= 4 is 0 Å². The third kappa shape index (κ3) is 3.93. The third-order valence-electron chi connectivity index (χ3n) is 2.58. The molecule has 96 valence electrons. The minimum Gasteiger partial charge on any atom is -0.496 e. The van der Waals surface area contributed by atoms with Crippen molar-refractivity contribution in [2.45, 2.75) is 32.0 Å². The van der Waals surface area contributed by atoms with E-state index in [1.807, 2.05) is 19.1 Å². The van der Waals surface area contributed by atoms with Gasteiger partial charge < -0.3 is 10.5 Å². The molecule has 0 heterocycles. The highest BCUT2D eigenvalue weighted by Crippen LogP contribution is 2.25. The van der Waals surface area contributed by atoms with Crippen LogP contribution in [0.15, 0.2) is 18.2 Å². The maximum atomic E-state index is 12.3. The van der Waals surface area contributed by atoms with Gasteiger partial charge in [0.1, 0.15) is 11.8 Å². The molecule has 1 aromatic rings. The summed E-state index contributed by atoms with van der Waals surface area (Å²) >= 11 is 0. The van der Waals surface area contributed by atoms with Crippen molar-refractivity contribution in [1.29, 1.82) is 0 Å². The first-order chi connectivity index (χ1) is 7.84. The van der Waals surface area contributed by atoms with Crippen molar-refractivity contribution in [3.05, 3.63) is 29.3 Å². The Morgan fingerprint density at radius 2 is 2.00 bits per heavy atom. The lowest BCUT2D eigenvalue weighted by atomic mass is 10.0. The average Bonchev–Trinajstić information content (AvgIpc) is 2.24. The zero-order valence-electron chi connectivity index (χ0n) is 9.84. The highest BCUT2D eigenvalue weighted by Gasteiger charge is 2.36. The van der Waals surface area contributed by atoms with E-state index in [1.165, 1.54) is 7.11 Å². The highest BCUT2D eigenvalue weighted by molar-refractivity contribution is 5.36. The predicted molar refractivity (Wildman–Crippen MR) is 60.1 cm³/mol. The lowest BCUT2D eigenvalue weighted by molar-refractivity contribution is -0.148. The monoisotopic (exact) mass is 247 g/mol. The van der Waals surface area contributed by atoms with Gasteiger partial charge in [0, 0.05) is 0 Å². The molecule has 1 aromatic carbocycles. The number of benzene rings is 1. The molecular weight excluding hydrogens is 231 g/mol. The largest absolute Gasteiger partial charge is 0.496 e. The highest BCUT2D eigenvalue weighted by atomic mass is 19.4. The van der Waals surface area contributed by atoms with Crippen LogP contribution in [-0.4, -0.2) is 19.3 Å². The fourth-order valence-corrected chi connectivity index (χ4v) is 1.58. The Balaban J connectivity index is 2.72. The number of halogens is 3. The number of ether oxygens (including phenoxy) is 1. The van der Waals surface area contributed by atoms with E-state index in [0.717, 1.165) is 11.1 Å². The predicted octanol–water partition coefficient (Wildman–Crippen LogP) is 2.83. The van der Waals surface area contributed by atoms with Gasteiger partial charge in [-0.15, -0.1) is 0 Å². The van der Waals surface area contributed by atoms with Crippen LogP contribution in [-0.2, 0) is 6.42 Å². The molecule has 1 rings (SSSR count). The van der Waals surface area contributed by atoms with Gasteiger partial charge in [-0.1, -0.05) is 17.7 Å². The molecule has 2 N–H and O–H groups in total. The van der Waals surface area contributed by atoms with Gasteiger partial charge in [0.25, 0.3) is 0 Å². The summed E-state index contributed by atoms with van der Waals surface area (Å²) in [4.78, 5) is 0. The van der Waals surface area contributed by atoms with Crippen LogP contribution in [0, 0.1) is 6.92 Å². The number of methoxy groups -OCH3 is 1. The van der Waals surface area contributed by atoms with Crippen molar-refractivity contribution < 1.29 is 17.9 Å². The maximum absolute atomic E-state index is 12.3. The molecule has 0 spiro atoms. The molecule has 0 saturated heterocycles. The lowest BCUT2D eigenvalue weighted by Crippen LogP contribution is -2.37. The minimum atomic E-state index is -4.34. The summed E-state index contributed by atoms with van der Waals surface area (Å²) in [6.45, 7) is 1.88. The van der Waals surface area contributed by atoms with E-state index in [1.54, 1.807) is 6.07 Å². The van der Waals surface area contributed by atoms with Crippen LogP contribution in [0.1, 0.15) is 17.5 Å². The molecule has 0 aliphatic heterocycles. The first kappa shape index (κ1) is 13.8. The summed E-state index contributed by atoms with van der Waals surface area (Å²) in [6.07, 6.45) is -4.22. The summed E-state index contributed by atoms with van der Waals surface area (Å²) in [7, 11) is 1.50. The summed E-state index contributed by atoms with van der Waals surface area (Å²) in [5.74, 6) is 0.602. The van der Waals surface area contributed by atoms with Gasteiger partial charge in [0.05, 0.1) is 7.11 Å². The Hall–Kier alpha value is -1.23. The standard InChI is InChI=1S/C12H16F3NO/c1-8-3-5-10(17-2)9(7-8)4-6-11(16)12(13,14)15/h3,5,7,11H,4,6,16H2,1-2H3. The van der Waals surface area contributed by atoms with E-state index in [9.17, 15) is 13.2 Å². The molecule has 0 aliphatic rings. The zero-order valence-corrected chi connectivity index (χ0v) is 9.84. The second-order valence-corrected chi connectivity index (χ2v) is 4.00. The van der Waals surface area contributed by atoms with Gasteiger partial charge >= 0.3 is 6.18 Å². The van der Waals surface area contributed by atoms with Crippen LogP contribution in [0.4, 0.5) is 13.2 Å². The molecule has 2 nitrogen and oxygen atoms in total. The quantitative estimate of drug-likeness (QED) is 0.888. The van der Waals surface area contributed by atoms with Crippen LogP contribution in [0.2, 0.25) is 0 Å². The summed E-state index contributed by atoms with van der Waals surface area (Å²) in [5, 5.41) is 0. The van der Waals surface area contributed by atoms with E-state index in [0.29, 0.717) is 5.75 Å². The van der Waals surface area contributed by atoms with E-state index in [4.69, 9.17) is 10.5 Å². The second kappa shape index (κ2) is 5.40.